The predicted octanol–water partition coefficient (Wildman–Crippen LogP) is 4.16. The Labute approximate surface area is 201 Å². The summed E-state index contributed by atoms with van der Waals surface area (Å²) in [6, 6.07) is 6.72. The van der Waals surface area contributed by atoms with Crippen LogP contribution in [0.2, 0.25) is 0 Å². The quantitative estimate of drug-likeness (QED) is 0.325. The van der Waals surface area contributed by atoms with Crippen molar-refractivity contribution in [3.05, 3.63) is 56.8 Å². The molecule has 0 radical (unpaired) electrons. The average molecular weight is 479 g/mol. The van der Waals surface area contributed by atoms with Crippen LogP contribution in [0.25, 0.3) is 20.4 Å². The highest BCUT2D eigenvalue weighted by atomic mass is 32.1. The normalized spacial score (nSPS) is 14.1. The molecule has 4 aromatic rings. The molecule has 0 unspecified atom stereocenters. The molecule has 10 heteroatoms. The van der Waals surface area contributed by atoms with Crippen LogP contribution in [0.15, 0.2) is 24.3 Å². The number of rotatable bonds is 6. The smallest absolute Gasteiger partial charge is 0.269 e. The van der Waals surface area contributed by atoms with E-state index in [1.807, 2.05) is 26.0 Å². The summed E-state index contributed by atoms with van der Waals surface area (Å²) in [5.74, 6) is 1.30. The van der Waals surface area contributed by atoms with Crippen molar-refractivity contribution in [2.24, 2.45) is 0 Å². The maximum atomic E-state index is 11.0. The van der Waals surface area contributed by atoms with Crippen molar-refractivity contribution in [1.82, 2.24) is 20.3 Å². The Bertz CT molecular complexity index is 1380. The molecular weight excluding hydrogens is 452 g/mol. The number of nitro groups is 1. The van der Waals surface area contributed by atoms with Crippen molar-refractivity contribution in [3.63, 3.8) is 0 Å². The zero-order chi connectivity index (χ0) is 23.8. The van der Waals surface area contributed by atoms with Crippen LogP contribution in [0.1, 0.15) is 29.3 Å². The Balaban J connectivity index is 1.64. The first-order chi connectivity index (χ1) is 16.5. The highest BCUT2D eigenvalue weighted by molar-refractivity contribution is 7.25. The van der Waals surface area contributed by atoms with E-state index >= 15 is 0 Å². The third-order valence-electron chi connectivity index (χ3n) is 6.21. The Morgan fingerprint density at radius 1 is 1.15 bits per heavy atom. The molecule has 0 aliphatic carbocycles. The first-order valence-corrected chi connectivity index (χ1v) is 12.2. The number of hydrogen-bond acceptors (Lipinski definition) is 9. The lowest BCUT2D eigenvalue weighted by Crippen LogP contribution is -2.44. The molecule has 5 rings (SSSR count). The van der Waals surface area contributed by atoms with E-state index in [1.165, 1.54) is 0 Å². The fourth-order valence-corrected chi connectivity index (χ4v) is 5.59. The molecule has 3 aromatic heterocycles. The average Bonchev–Trinajstić information content (AvgIpc) is 3.21. The van der Waals surface area contributed by atoms with Crippen LogP contribution >= 0.6 is 11.3 Å². The molecule has 1 fully saturated rings. The lowest BCUT2D eigenvalue weighted by molar-refractivity contribution is -0.384. The van der Waals surface area contributed by atoms with Crippen molar-refractivity contribution in [3.8, 4) is 5.88 Å². The van der Waals surface area contributed by atoms with Gasteiger partial charge < -0.3 is 15.0 Å². The van der Waals surface area contributed by atoms with Crippen LogP contribution < -0.4 is 15.0 Å². The Hall–Kier alpha value is -3.37. The summed E-state index contributed by atoms with van der Waals surface area (Å²) in [6.45, 7) is 10.1. The lowest BCUT2D eigenvalue weighted by atomic mass is 9.97. The van der Waals surface area contributed by atoms with Crippen molar-refractivity contribution >= 4 is 43.4 Å². The zero-order valence-corrected chi connectivity index (χ0v) is 20.2. The minimum Gasteiger partial charge on any atom is -0.477 e. The molecular formula is C24H26N6O3S. The molecule has 9 nitrogen and oxygen atoms in total. The van der Waals surface area contributed by atoms with E-state index in [2.05, 4.69) is 17.1 Å². The first-order valence-electron chi connectivity index (χ1n) is 11.4. The molecule has 0 saturated carbocycles. The second kappa shape index (κ2) is 9.11. The first kappa shape index (κ1) is 22.4. The third-order valence-corrected chi connectivity index (χ3v) is 7.28. The lowest BCUT2D eigenvalue weighted by Gasteiger charge is -2.27. The monoisotopic (exact) mass is 478 g/mol. The van der Waals surface area contributed by atoms with Gasteiger partial charge >= 0.3 is 0 Å². The number of nitro benzene ring substituents is 1. The number of pyridine rings is 1. The Kier molecular flexibility index (Phi) is 6.01. The van der Waals surface area contributed by atoms with E-state index in [9.17, 15) is 10.1 Å². The molecule has 0 spiro atoms. The zero-order valence-electron chi connectivity index (χ0n) is 19.4. The van der Waals surface area contributed by atoms with E-state index in [0.29, 0.717) is 24.9 Å². The summed E-state index contributed by atoms with van der Waals surface area (Å²) >= 11 is 1.57. The van der Waals surface area contributed by atoms with Gasteiger partial charge in [0.15, 0.2) is 0 Å². The van der Waals surface area contributed by atoms with Gasteiger partial charge in [-0.3, -0.25) is 10.1 Å². The highest BCUT2D eigenvalue weighted by Gasteiger charge is 2.23. The molecule has 34 heavy (non-hydrogen) atoms. The highest BCUT2D eigenvalue weighted by Crippen LogP contribution is 2.40. The molecule has 1 saturated heterocycles. The van der Waals surface area contributed by atoms with E-state index in [-0.39, 0.29) is 10.6 Å². The van der Waals surface area contributed by atoms with E-state index in [4.69, 9.17) is 19.7 Å². The third kappa shape index (κ3) is 4.03. The van der Waals surface area contributed by atoms with Gasteiger partial charge in [-0.25, -0.2) is 9.97 Å². The Morgan fingerprint density at radius 3 is 2.56 bits per heavy atom. The van der Waals surface area contributed by atoms with Crippen molar-refractivity contribution in [2.75, 3.05) is 37.7 Å². The maximum Gasteiger partial charge on any atom is 0.269 e. The number of ether oxygens (including phenoxy) is 1. The van der Waals surface area contributed by atoms with Crippen LogP contribution in [-0.2, 0) is 6.42 Å². The number of aromatic nitrogens is 3. The van der Waals surface area contributed by atoms with Gasteiger partial charge in [-0.2, -0.15) is 4.98 Å². The minimum atomic E-state index is -0.378. The number of piperazine rings is 1. The fourth-order valence-electron chi connectivity index (χ4n) is 4.43. The second-order valence-corrected chi connectivity index (χ2v) is 9.36. The molecule has 1 aliphatic heterocycles. The van der Waals surface area contributed by atoms with Gasteiger partial charge in [0.1, 0.15) is 15.0 Å². The molecule has 176 valence electrons. The summed E-state index contributed by atoms with van der Waals surface area (Å²) in [6.07, 6.45) is 0.643. The van der Waals surface area contributed by atoms with Gasteiger partial charge in [-0.15, -0.1) is 11.3 Å². The molecule has 1 N–H and O–H groups in total. The second-order valence-electron chi connectivity index (χ2n) is 8.36. The summed E-state index contributed by atoms with van der Waals surface area (Å²) in [4.78, 5) is 28.4. The number of hydrogen-bond donors (Lipinski definition) is 1. The standard InChI is InChI=1S/C24H26N6O3S/c1-4-33-22-21-20(27-24(28-22)29-11-9-25-10-12-29)19-14(2)18(15(3)26-23(19)34-21)13-16-5-7-17(8-6-16)30(31)32/h5-8,25H,4,9-13H2,1-3H3. The molecule has 0 bridgehead atoms. The van der Waals surface area contributed by atoms with Gasteiger partial charge in [0, 0.05) is 49.4 Å². The van der Waals surface area contributed by atoms with Crippen LogP contribution in [0.5, 0.6) is 5.88 Å². The summed E-state index contributed by atoms with van der Waals surface area (Å²) in [5.41, 5.74) is 5.16. The number of benzene rings is 1. The topological polar surface area (TPSA) is 106 Å². The van der Waals surface area contributed by atoms with Gasteiger partial charge in [0.25, 0.3) is 5.69 Å². The number of thiophene rings is 1. The van der Waals surface area contributed by atoms with Gasteiger partial charge in [0.05, 0.1) is 11.5 Å². The number of fused-ring (bicyclic) bond motifs is 3. The van der Waals surface area contributed by atoms with E-state index in [0.717, 1.165) is 69.0 Å². The van der Waals surface area contributed by atoms with Gasteiger partial charge in [-0.1, -0.05) is 12.1 Å². The fraction of sp³-hybridized carbons (Fsp3) is 0.375. The van der Waals surface area contributed by atoms with E-state index < -0.39 is 0 Å². The van der Waals surface area contributed by atoms with Crippen LogP contribution in [0.3, 0.4) is 0 Å². The summed E-state index contributed by atoms with van der Waals surface area (Å²) in [7, 11) is 0. The van der Waals surface area contributed by atoms with Crippen LogP contribution in [-0.4, -0.2) is 52.7 Å². The molecule has 0 atom stereocenters. The minimum absolute atomic E-state index is 0.0928. The van der Waals surface area contributed by atoms with Crippen molar-refractivity contribution < 1.29 is 9.66 Å². The number of anilines is 1. The summed E-state index contributed by atoms with van der Waals surface area (Å²) in [5, 5.41) is 15.4. The molecule has 1 aromatic carbocycles. The SMILES string of the molecule is CCOc1nc(N2CCNCC2)nc2c1sc1nc(C)c(Cc3ccc([N+](=O)[O-])cc3)c(C)c12. The van der Waals surface area contributed by atoms with Crippen LogP contribution in [0, 0.1) is 24.0 Å². The largest absolute Gasteiger partial charge is 0.477 e. The molecule has 1 aliphatic rings. The number of nitrogens with one attached hydrogen (secondary N) is 1. The predicted molar refractivity (Wildman–Crippen MR) is 134 cm³/mol. The van der Waals surface area contributed by atoms with Gasteiger partial charge in [-0.05, 0) is 43.9 Å². The van der Waals surface area contributed by atoms with E-state index in [1.54, 1.807) is 23.5 Å². The molecule has 0 amide bonds. The van der Waals surface area contributed by atoms with Crippen molar-refractivity contribution in [2.45, 2.75) is 27.2 Å². The van der Waals surface area contributed by atoms with Gasteiger partial charge in [0.2, 0.25) is 11.8 Å². The number of non-ortho nitro benzene ring substituents is 1. The van der Waals surface area contributed by atoms with Crippen LogP contribution in [0.4, 0.5) is 11.6 Å². The molecule has 4 heterocycles. The summed E-state index contributed by atoms with van der Waals surface area (Å²) < 4.78 is 6.86. The number of nitrogens with zero attached hydrogens (tertiary/aromatic N) is 5. The van der Waals surface area contributed by atoms with Crippen molar-refractivity contribution in [1.29, 1.82) is 0 Å². The number of aryl methyl sites for hydroxylation is 2. The maximum absolute atomic E-state index is 11.0. The Morgan fingerprint density at radius 2 is 1.88 bits per heavy atom.